The molecule has 3 rings (SSSR count). The fraction of sp³-hybridized carbons (Fsp3) is 0.412. The van der Waals surface area contributed by atoms with Crippen LogP contribution in [0.3, 0.4) is 0 Å². The minimum Gasteiger partial charge on any atom is -0.478 e. The maximum absolute atomic E-state index is 12.6. The van der Waals surface area contributed by atoms with Crippen molar-refractivity contribution in [3.63, 3.8) is 0 Å². The number of fused-ring (bicyclic) bond motifs is 1. The van der Waals surface area contributed by atoms with Crippen molar-refractivity contribution >= 4 is 24.3 Å². The number of aliphatic carboxylic acids is 1. The van der Waals surface area contributed by atoms with Crippen LogP contribution in [0.15, 0.2) is 30.3 Å². The number of amides is 2. The summed E-state index contributed by atoms with van der Waals surface area (Å²) in [7, 11) is 1.36. The molecule has 0 radical (unpaired) electrons. The van der Waals surface area contributed by atoms with Crippen LogP contribution in [0.4, 0.5) is 0 Å². The molecule has 5 atom stereocenters. The number of benzene rings is 1. The largest absolute Gasteiger partial charge is 0.478 e. The number of hydrogen-bond acceptors (Lipinski definition) is 7. The molecule has 2 saturated heterocycles. The average molecular weight is 378 g/mol. The molecule has 2 heterocycles. The van der Waals surface area contributed by atoms with Crippen LogP contribution in [-0.4, -0.2) is 66.0 Å². The number of β-lactam (4-membered cyclic amide) rings is 1. The van der Waals surface area contributed by atoms with Gasteiger partial charge in [0.15, 0.2) is 6.29 Å². The van der Waals surface area contributed by atoms with E-state index in [-0.39, 0.29) is 12.9 Å². The molecule has 2 amide bonds. The van der Waals surface area contributed by atoms with Crippen molar-refractivity contribution in [3.05, 3.63) is 35.9 Å². The summed E-state index contributed by atoms with van der Waals surface area (Å²) in [5.74, 6) is -2.60. The number of methoxy groups -OCH3 is 1. The van der Waals surface area contributed by atoms with Crippen molar-refractivity contribution in [1.82, 2.24) is 10.2 Å². The van der Waals surface area contributed by atoms with Gasteiger partial charge < -0.3 is 24.6 Å². The summed E-state index contributed by atoms with van der Waals surface area (Å²) in [4.78, 5) is 48.1. The van der Waals surface area contributed by atoms with Gasteiger partial charge in [0, 0.05) is 19.1 Å². The van der Waals surface area contributed by atoms with Crippen molar-refractivity contribution in [2.24, 2.45) is 0 Å². The molecule has 144 valence electrons. The summed E-state index contributed by atoms with van der Waals surface area (Å²) in [6, 6.07) is 6.76. The Morgan fingerprint density at radius 3 is 2.67 bits per heavy atom. The normalized spacial score (nSPS) is 27.7. The smallest absolute Gasteiger partial charge is 0.354 e. The van der Waals surface area contributed by atoms with E-state index in [4.69, 9.17) is 14.2 Å². The third kappa shape index (κ3) is 3.49. The highest BCUT2D eigenvalue weighted by Gasteiger charge is 2.57. The molecule has 0 aliphatic carbocycles. The first kappa shape index (κ1) is 18.8. The summed E-state index contributed by atoms with van der Waals surface area (Å²) >= 11 is 0. The Morgan fingerprint density at radius 2 is 2.07 bits per heavy atom. The summed E-state index contributed by atoms with van der Waals surface area (Å²) in [5, 5.41) is 11.8. The van der Waals surface area contributed by atoms with Crippen LogP contribution in [0.1, 0.15) is 18.1 Å². The Labute approximate surface area is 154 Å². The van der Waals surface area contributed by atoms with Gasteiger partial charge in [-0.2, -0.15) is 0 Å². The fourth-order valence-corrected chi connectivity index (χ4v) is 3.26. The zero-order valence-electron chi connectivity index (χ0n) is 14.3. The first-order chi connectivity index (χ1) is 13.0. The number of nitrogens with zero attached hydrogens (tertiary/aromatic N) is 1. The summed E-state index contributed by atoms with van der Waals surface area (Å²) < 4.78 is 15.1. The molecular formula is C17H18N2O8. The lowest BCUT2D eigenvalue weighted by molar-refractivity contribution is -0.262. The van der Waals surface area contributed by atoms with Crippen LogP contribution in [0.2, 0.25) is 0 Å². The van der Waals surface area contributed by atoms with Crippen molar-refractivity contribution in [2.45, 2.75) is 37.1 Å². The highest BCUT2D eigenvalue weighted by atomic mass is 16.7. The van der Waals surface area contributed by atoms with Gasteiger partial charge in [0.1, 0.15) is 6.04 Å². The predicted octanol–water partition coefficient (Wildman–Crippen LogP) is -0.600. The Kier molecular flexibility index (Phi) is 5.38. The third-order valence-corrected chi connectivity index (χ3v) is 4.53. The SMILES string of the molecule is CO[C@@H]1CC2C(NC(=O)C(OC=O)c3ccccc3)C(=O)N2[C@@H](C(=O)O)O1. The molecule has 0 bridgehead atoms. The van der Waals surface area contributed by atoms with Crippen molar-refractivity contribution in [2.75, 3.05) is 7.11 Å². The lowest BCUT2D eigenvalue weighted by Gasteiger charge is -2.53. The lowest BCUT2D eigenvalue weighted by Crippen LogP contribution is -2.77. The van der Waals surface area contributed by atoms with Crippen molar-refractivity contribution < 1.29 is 38.5 Å². The zero-order valence-corrected chi connectivity index (χ0v) is 14.3. The summed E-state index contributed by atoms with van der Waals surface area (Å²) in [5.41, 5.74) is 0.441. The Balaban J connectivity index is 1.75. The van der Waals surface area contributed by atoms with Gasteiger partial charge in [0.2, 0.25) is 18.2 Å². The zero-order chi connectivity index (χ0) is 19.6. The molecule has 1 aromatic rings. The van der Waals surface area contributed by atoms with Crippen LogP contribution >= 0.6 is 0 Å². The van der Waals surface area contributed by atoms with Crippen molar-refractivity contribution in [3.8, 4) is 0 Å². The van der Waals surface area contributed by atoms with E-state index in [1.807, 2.05) is 0 Å². The number of ether oxygens (including phenoxy) is 3. The Bertz CT molecular complexity index is 740. The fourth-order valence-electron chi connectivity index (χ4n) is 3.26. The van der Waals surface area contributed by atoms with E-state index in [1.165, 1.54) is 7.11 Å². The van der Waals surface area contributed by atoms with Gasteiger partial charge in [-0.05, 0) is 0 Å². The van der Waals surface area contributed by atoms with Gasteiger partial charge in [-0.1, -0.05) is 30.3 Å². The van der Waals surface area contributed by atoms with Gasteiger partial charge in [-0.3, -0.25) is 19.3 Å². The predicted molar refractivity (Wildman–Crippen MR) is 86.8 cm³/mol. The van der Waals surface area contributed by atoms with Gasteiger partial charge in [-0.25, -0.2) is 4.79 Å². The lowest BCUT2D eigenvalue weighted by atomic mass is 9.89. The highest BCUT2D eigenvalue weighted by molar-refractivity contribution is 5.97. The van der Waals surface area contributed by atoms with E-state index in [0.717, 1.165) is 4.90 Å². The molecule has 3 unspecified atom stereocenters. The van der Waals surface area contributed by atoms with E-state index in [0.29, 0.717) is 5.56 Å². The molecule has 0 saturated carbocycles. The Morgan fingerprint density at radius 1 is 1.37 bits per heavy atom. The van der Waals surface area contributed by atoms with Crippen molar-refractivity contribution in [1.29, 1.82) is 0 Å². The molecule has 0 spiro atoms. The molecule has 0 aromatic heterocycles. The molecule has 2 aliphatic heterocycles. The molecule has 2 aliphatic rings. The molecule has 2 fully saturated rings. The van der Waals surface area contributed by atoms with E-state index < -0.39 is 48.5 Å². The quantitative estimate of drug-likeness (QED) is 0.475. The van der Waals surface area contributed by atoms with Gasteiger partial charge >= 0.3 is 5.97 Å². The molecule has 2 N–H and O–H groups in total. The number of carboxylic acid groups (broad SMARTS) is 1. The second-order valence-electron chi connectivity index (χ2n) is 6.05. The standard InChI is InChI=1S/C17H18N2O8/c1-25-11-7-10-12(15(22)19(10)16(27-11)17(23)24)18-14(21)13(26-8-20)9-5-3-2-4-6-9/h2-6,8,10-13,16H,7H2,1H3,(H,18,21)(H,23,24)/t10?,11-,12?,13?,16+/m0/s1. The van der Waals surface area contributed by atoms with Gasteiger partial charge in [0.05, 0.1) is 6.04 Å². The first-order valence-corrected chi connectivity index (χ1v) is 8.15. The average Bonchev–Trinajstić information content (AvgIpc) is 2.69. The minimum atomic E-state index is -1.48. The molecule has 27 heavy (non-hydrogen) atoms. The topological polar surface area (TPSA) is 131 Å². The second-order valence-corrected chi connectivity index (χ2v) is 6.05. The first-order valence-electron chi connectivity index (χ1n) is 8.15. The monoisotopic (exact) mass is 378 g/mol. The van der Waals surface area contributed by atoms with Crippen LogP contribution in [0.5, 0.6) is 0 Å². The molecule has 10 nitrogen and oxygen atoms in total. The minimum absolute atomic E-state index is 0.155. The number of carbonyl (C=O) groups is 4. The van der Waals surface area contributed by atoms with Crippen LogP contribution in [0, 0.1) is 0 Å². The third-order valence-electron chi connectivity index (χ3n) is 4.53. The Hall–Kier alpha value is -2.98. The molecule has 1 aromatic carbocycles. The van der Waals surface area contributed by atoms with E-state index in [1.54, 1.807) is 30.3 Å². The van der Waals surface area contributed by atoms with Crippen LogP contribution in [0.25, 0.3) is 0 Å². The number of carbonyl (C=O) groups excluding carboxylic acids is 3. The summed E-state index contributed by atoms with van der Waals surface area (Å²) in [6.07, 6.45) is -3.33. The molecular weight excluding hydrogens is 360 g/mol. The van der Waals surface area contributed by atoms with Crippen LogP contribution in [-0.2, 0) is 33.4 Å². The number of hydrogen-bond donors (Lipinski definition) is 2. The maximum Gasteiger partial charge on any atom is 0.354 e. The van der Waals surface area contributed by atoms with E-state index in [9.17, 15) is 24.3 Å². The van der Waals surface area contributed by atoms with Crippen LogP contribution < -0.4 is 5.32 Å². The van der Waals surface area contributed by atoms with E-state index in [2.05, 4.69) is 5.32 Å². The van der Waals surface area contributed by atoms with E-state index >= 15 is 0 Å². The number of rotatable bonds is 7. The van der Waals surface area contributed by atoms with Gasteiger partial charge in [0.25, 0.3) is 12.4 Å². The number of carboxylic acids is 1. The second kappa shape index (κ2) is 7.72. The highest BCUT2D eigenvalue weighted by Crippen LogP contribution is 2.34. The maximum atomic E-state index is 12.6. The molecule has 10 heteroatoms. The summed E-state index contributed by atoms with van der Waals surface area (Å²) in [6.45, 7) is 0.155. The number of nitrogens with one attached hydrogen (secondary N) is 1. The van der Waals surface area contributed by atoms with Gasteiger partial charge in [-0.15, -0.1) is 0 Å².